The number of carbonyl (C=O) groups excluding carboxylic acids is 1. The van der Waals surface area contributed by atoms with Crippen molar-refractivity contribution in [1.29, 1.82) is 0 Å². The zero-order valence-electron chi connectivity index (χ0n) is 10.1. The molecule has 0 radical (unpaired) electrons. The van der Waals surface area contributed by atoms with Gasteiger partial charge in [0.15, 0.2) is 0 Å². The van der Waals surface area contributed by atoms with Crippen LogP contribution in [0.1, 0.15) is 35.2 Å². The van der Waals surface area contributed by atoms with Gasteiger partial charge in [0.25, 0.3) is 5.91 Å². The molecule has 92 valence electrons. The van der Waals surface area contributed by atoms with Crippen molar-refractivity contribution >= 4 is 21.8 Å². The summed E-state index contributed by atoms with van der Waals surface area (Å²) in [6.45, 7) is 2.80. The summed E-state index contributed by atoms with van der Waals surface area (Å²) in [5.41, 5.74) is 1.93. The molecule has 2 rings (SSSR count). The molecule has 17 heavy (non-hydrogen) atoms. The minimum atomic E-state index is 0.0385. The zero-order valence-corrected chi connectivity index (χ0v) is 11.7. The smallest absolute Gasteiger partial charge is 0.251 e. The van der Waals surface area contributed by atoms with Gasteiger partial charge in [-0.2, -0.15) is 0 Å². The van der Waals surface area contributed by atoms with Gasteiger partial charge in [-0.05, 0) is 37.8 Å². The van der Waals surface area contributed by atoms with Gasteiger partial charge >= 0.3 is 0 Å². The average Bonchev–Trinajstić information content (AvgIpc) is 2.73. The van der Waals surface area contributed by atoms with Gasteiger partial charge in [0.2, 0.25) is 0 Å². The first-order chi connectivity index (χ1) is 8.16. The molecule has 1 aliphatic rings. The molecule has 1 aromatic rings. The second kappa shape index (κ2) is 5.67. The van der Waals surface area contributed by atoms with Gasteiger partial charge in [0.05, 0.1) is 0 Å². The van der Waals surface area contributed by atoms with Crippen molar-refractivity contribution in [3.8, 4) is 0 Å². The van der Waals surface area contributed by atoms with E-state index in [2.05, 4.69) is 21.2 Å². The van der Waals surface area contributed by atoms with Gasteiger partial charge in [-0.1, -0.05) is 40.0 Å². The molecule has 1 aliphatic carbocycles. The number of hydrogen-bond acceptors (Lipinski definition) is 1. The summed E-state index contributed by atoms with van der Waals surface area (Å²) in [5, 5.41) is 3.02. The molecule has 2 nitrogen and oxygen atoms in total. The van der Waals surface area contributed by atoms with Gasteiger partial charge in [0, 0.05) is 16.9 Å². The summed E-state index contributed by atoms with van der Waals surface area (Å²) < 4.78 is 0. The van der Waals surface area contributed by atoms with Crippen LogP contribution >= 0.6 is 15.9 Å². The first-order valence-electron chi connectivity index (χ1n) is 6.16. The number of carbonyl (C=O) groups is 1. The highest BCUT2D eigenvalue weighted by molar-refractivity contribution is 9.09. The van der Waals surface area contributed by atoms with E-state index in [0.29, 0.717) is 10.7 Å². The first-order valence-corrected chi connectivity index (χ1v) is 7.07. The molecule has 2 atom stereocenters. The summed E-state index contributed by atoms with van der Waals surface area (Å²) in [7, 11) is 0. The number of hydrogen-bond donors (Lipinski definition) is 1. The van der Waals surface area contributed by atoms with Crippen LogP contribution in [0.2, 0.25) is 0 Å². The van der Waals surface area contributed by atoms with Gasteiger partial charge < -0.3 is 5.32 Å². The van der Waals surface area contributed by atoms with Gasteiger partial charge in [-0.15, -0.1) is 0 Å². The molecule has 0 aromatic heterocycles. The predicted octanol–water partition coefficient (Wildman–Crippen LogP) is 3.29. The summed E-state index contributed by atoms with van der Waals surface area (Å²) in [6, 6.07) is 7.70. The number of rotatable bonds is 3. The summed E-state index contributed by atoms with van der Waals surface area (Å²) in [6.07, 6.45) is 3.70. The first kappa shape index (κ1) is 12.6. The third-order valence-corrected chi connectivity index (χ3v) is 4.61. The van der Waals surface area contributed by atoms with E-state index >= 15 is 0 Å². The van der Waals surface area contributed by atoms with Crippen molar-refractivity contribution in [2.24, 2.45) is 5.92 Å². The number of amides is 1. The highest BCUT2D eigenvalue weighted by atomic mass is 79.9. The lowest BCUT2D eigenvalue weighted by molar-refractivity contribution is 0.0948. The molecule has 1 fully saturated rings. The van der Waals surface area contributed by atoms with Crippen LogP contribution in [-0.2, 0) is 0 Å². The Kier molecular flexibility index (Phi) is 4.21. The third-order valence-electron chi connectivity index (χ3n) is 3.40. The van der Waals surface area contributed by atoms with E-state index in [0.717, 1.165) is 12.1 Å². The topological polar surface area (TPSA) is 29.1 Å². The maximum absolute atomic E-state index is 11.9. The normalized spacial score (nSPS) is 23.6. The van der Waals surface area contributed by atoms with Crippen LogP contribution in [0.3, 0.4) is 0 Å². The van der Waals surface area contributed by atoms with Crippen molar-refractivity contribution < 1.29 is 4.79 Å². The van der Waals surface area contributed by atoms with Gasteiger partial charge in [-0.25, -0.2) is 0 Å². The Hall–Kier alpha value is -0.830. The van der Waals surface area contributed by atoms with Crippen LogP contribution in [0.15, 0.2) is 24.3 Å². The van der Waals surface area contributed by atoms with Crippen LogP contribution in [0.5, 0.6) is 0 Å². The molecule has 0 spiro atoms. The fourth-order valence-electron chi connectivity index (χ4n) is 2.25. The van der Waals surface area contributed by atoms with Crippen LogP contribution in [0, 0.1) is 12.8 Å². The lowest BCUT2D eigenvalue weighted by atomic mass is 10.1. The van der Waals surface area contributed by atoms with E-state index in [1.165, 1.54) is 24.8 Å². The van der Waals surface area contributed by atoms with Gasteiger partial charge in [0.1, 0.15) is 0 Å². The van der Waals surface area contributed by atoms with E-state index < -0.39 is 0 Å². The SMILES string of the molecule is Cc1ccc(C(=O)NCC2CCCC2Br)cc1. The largest absolute Gasteiger partial charge is 0.352 e. The van der Waals surface area contributed by atoms with E-state index in [9.17, 15) is 4.79 Å². The minimum Gasteiger partial charge on any atom is -0.352 e. The molecular formula is C14H18BrNO. The monoisotopic (exact) mass is 295 g/mol. The Balaban J connectivity index is 1.87. The van der Waals surface area contributed by atoms with E-state index in [4.69, 9.17) is 0 Å². The number of aryl methyl sites for hydroxylation is 1. The van der Waals surface area contributed by atoms with Crippen LogP contribution in [0.25, 0.3) is 0 Å². The molecule has 1 amide bonds. The highest BCUT2D eigenvalue weighted by Gasteiger charge is 2.25. The van der Waals surface area contributed by atoms with E-state index in [1.807, 2.05) is 31.2 Å². The Bertz CT molecular complexity index is 388. The fraction of sp³-hybridized carbons (Fsp3) is 0.500. The predicted molar refractivity (Wildman–Crippen MR) is 73.6 cm³/mol. The van der Waals surface area contributed by atoms with Crippen LogP contribution in [-0.4, -0.2) is 17.3 Å². The Morgan fingerprint density at radius 1 is 1.35 bits per heavy atom. The van der Waals surface area contributed by atoms with E-state index in [1.54, 1.807) is 0 Å². The molecule has 3 heteroatoms. The van der Waals surface area contributed by atoms with Crippen LogP contribution < -0.4 is 5.32 Å². The van der Waals surface area contributed by atoms with Crippen molar-refractivity contribution in [3.05, 3.63) is 35.4 Å². The molecule has 0 heterocycles. The Morgan fingerprint density at radius 2 is 2.06 bits per heavy atom. The minimum absolute atomic E-state index is 0.0385. The van der Waals surface area contributed by atoms with Gasteiger partial charge in [-0.3, -0.25) is 4.79 Å². The number of nitrogens with one attached hydrogen (secondary N) is 1. The molecule has 1 N–H and O–H groups in total. The lowest BCUT2D eigenvalue weighted by Gasteiger charge is -2.14. The number of halogens is 1. The summed E-state index contributed by atoms with van der Waals surface area (Å²) in [5.74, 6) is 0.626. The van der Waals surface area contributed by atoms with Crippen molar-refractivity contribution in [1.82, 2.24) is 5.32 Å². The molecule has 1 aromatic carbocycles. The van der Waals surface area contributed by atoms with Crippen LogP contribution in [0.4, 0.5) is 0 Å². The average molecular weight is 296 g/mol. The Labute approximate surface area is 111 Å². The fourth-order valence-corrected chi connectivity index (χ4v) is 3.03. The quantitative estimate of drug-likeness (QED) is 0.852. The maximum Gasteiger partial charge on any atom is 0.251 e. The number of alkyl halides is 1. The highest BCUT2D eigenvalue weighted by Crippen LogP contribution is 2.30. The van der Waals surface area contributed by atoms with Crippen molar-refractivity contribution in [3.63, 3.8) is 0 Å². The summed E-state index contributed by atoms with van der Waals surface area (Å²) >= 11 is 3.67. The molecule has 2 unspecified atom stereocenters. The molecular weight excluding hydrogens is 278 g/mol. The maximum atomic E-state index is 11.9. The lowest BCUT2D eigenvalue weighted by Crippen LogP contribution is -2.30. The van der Waals surface area contributed by atoms with E-state index in [-0.39, 0.29) is 5.91 Å². The zero-order chi connectivity index (χ0) is 12.3. The standard InChI is InChI=1S/C14H18BrNO/c1-10-5-7-11(8-6-10)14(17)16-9-12-3-2-4-13(12)15/h5-8,12-13H,2-4,9H2,1H3,(H,16,17). The second-order valence-electron chi connectivity index (χ2n) is 4.78. The molecule has 1 saturated carbocycles. The van der Waals surface area contributed by atoms with Crippen molar-refractivity contribution in [2.45, 2.75) is 31.0 Å². The molecule has 0 bridgehead atoms. The molecule has 0 aliphatic heterocycles. The van der Waals surface area contributed by atoms with Crippen molar-refractivity contribution in [2.75, 3.05) is 6.54 Å². The summed E-state index contributed by atoms with van der Waals surface area (Å²) in [4.78, 5) is 12.5. The Morgan fingerprint density at radius 3 is 2.65 bits per heavy atom. The number of benzene rings is 1. The second-order valence-corrected chi connectivity index (χ2v) is 5.96. The third kappa shape index (κ3) is 3.32. The molecule has 0 saturated heterocycles.